The van der Waals surface area contributed by atoms with Gasteiger partial charge in [0, 0.05) is 0 Å². The summed E-state index contributed by atoms with van der Waals surface area (Å²) in [5.41, 5.74) is 6.64. The molecule has 0 aliphatic rings. The van der Waals surface area contributed by atoms with E-state index in [1.54, 1.807) is 4.68 Å². The van der Waals surface area contributed by atoms with Gasteiger partial charge in [-0.25, -0.2) is 4.68 Å². The van der Waals surface area contributed by atoms with E-state index in [2.05, 4.69) is 15.5 Å². The lowest BCUT2D eigenvalue weighted by Gasteiger charge is -2.05. The van der Waals surface area contributed by atoms with Crippen LogP contribution in [0.3, 0.4) is 0 Å². The number of aromatic nitrogens is 4. The summed E-state index contributed by atoms with van der Waals surface area (Å²) in [4.78, 5) is 0. The molecule has 0 saturated carbocycles. The molecule has 6 nitrogen and oxygen atoms in total. The molecule has 1 aromatic carbocycles. The first-order valence-electron chi connectivity index (χ1n) is 5.47. The van der Waals surface area contributed by atoms with Gasteiger partial charge in [0.05, 0.1) is 26.3 Å². The van der Waals surface area contributed by atoms with Gasteiger partial charge in [0.15, 0.2) is 5.82 Å². The topological polar surface area (TPSA) is 78.9 Å². The number of benzene rings is 1. The van der Waals surface area contributed by atoms with Crippen molar-refractivity contribution in [2.45, 2.75) is 19.7 Å². The summed E-state index contributed by atoms with van der Waals surface area (Å²) in [6.07, 6.45) is 0. The number of rotatable bonds is 6. The lowest BCUT2D eigenvalue weighted by atomic mass is 10.2. The highest BCUT2D eigenvalue weighted by atomic mass is 16.5. The van der Waals surface area contributed by atoms with Crippen molar-refractivity contribution < 1.29 is 4.74 Å². The van der Waals surface area contributed by atoms with Crippen LogP contribution < -0.4 is 5.73 Å². The maximum atomic E-state index is 5.54. The molecule has 0 unspecified atom stereocenters. The van der Waals surface area contributed by atoms with E-state index in [0.717, 1.165) is 5.56 Å². The lowest BCUT2D eigenvalue weighted by Crippen LogP contribution is -2.13. The van der Waals surface area contributed by atoms with Crippen LogP contribution in [0.15, 0.2) is 30.3 Å². The summed E-state index contributed by atoms with van der Waals surface area (Å²) in [5, 5.41) is 11.2. The number of hydrogen-bond acceptors (Lipinski definition) is 5. The Labute approximate surface area is 99.4 Å². The predicted molar refractivity (Wildman–Crippen MR) is 61.8 cm³/mol. The second kappa shape index (κ2) is 6.07. The molecule has 6 heteroatoms. The normalized spacial score (nSPS) is 10.6. The van der Waals surface area contributed by atoms with Crippen molar-refractivity contribution in [2.24, 2.45) is 5.73 Å². The maximum Gasteiger partial charge on any atom is 0.164 e. The monoisotopic (exact) mass is 233 g/mol. The van der Waals surface area contributed by atoms with Gasteiger partial charge < -0.3 is 10.5 Å². The molecule has 17 heavy (non-hydrogen) atoms. The van der Waals surface area contributed by atoms with Gasteiger partial charge in [-0.3, -0.25) is 0 Å². The number of nitrogens with zero attached hydrogens (tertiary/aromatic N) is 4. The number of hydrogen-bond donors (Lipinski definition) is 1. The van der Waals surface area contributed by atoms with Crippen LogP contribution in [0.4, 0.5) is 0 Å². The van der Waals surface area contributed by atoms with E-state index >= 15 is 0 Å². The summed E-state index contributed by atoms with van der Waals surface area (Å²) in [5.74, 6) is 0.674. The van der Waals surface area contributed by atoms with Gasteiger partial charge in [-0.15, -0.1) is 5.10 Å². The highest BCUT2D eigenvalue weighted by molar-refractivity contribution is 5.13. The first kappa shape index (κ1) is 11.7. The van der Waals surface area contributed by atoms with Gasteiger partial charge in [0.25, 0.3) is 0 Å². The van der Waals surface area contributed by atoms with Crippen molar-refractivity contribution in [1.29, 1.82) is 0 Å². The third-order valence-corrected chi connectivity index (χ3v) is 2.35. The smallest absolute Gasteiger partial charge is 0.164 e. The van der Waals surface area contributed by atoms with Crippen LogP contribution in [-0.2, 0) is 24.4 Å². The van der Waals surface area contributed by atoms with E-state index < -0.39 is 0 Å². The van der Waals surface area contributed by atoms with Gasteiger partial charge in [-0.2, -0.15) is 0 Å². The first-order valence-corrected chi connectivity index (χ1v) is 5.47. The molecule has 0 radical (unpaired) electrons. The molecule has 0 aliphatic heterocycles. The summed E-state index contributed by atoms with van der Waals surface area (Å²) < 4.78 is 7.19. The van der Waals surface area contributed by atoms with E-state index in [-0.39, 0.29) is 0 Å². The third kappa shape index (κ3) is 3.33. The summed E-state index contributed by atoms with van der Waals surface area (Å²) in [6, 6.07) is 10.0. The van der Waals surface area contributed by atoms with Crippen LogP contribution in [0, 0.1) is 0 Å². The van der Waals surface area contributed by atoms with Gasteiger partial charge in [-0.1, -0.05) is 30.3 Å². The molecule has 0 aliphatic carbocycles. The maximum absolute atomic E-state index is 5.54. The Morgan fingerprint density at radius 1 is 1.24 bits per heavy atom. The molecule has 0 amide bonds. The quantitative estimate of drug-likeness (QED) is 0.728. The second-order valence-electron chi connectivity index (χ2n) is 3.56. The second-order valence-corrected chi connectivity index (χ2v) is 3.56. The van der Waals surface area contributed by atoms with Crippen LogP contribution in [0.2, 0.25) is 0 Å². The molecule has 0 spiro atoms. The first-order chi connectivity index (χ1) is 8.40. The standard InChI is InChI=1S/C11H15N5O/c12-8-11-13-14-15-16(11)6-7-17-9-10-4-2-1-3-5-10/h1-5H,6-9,12H2. The predicted octanol–water partition coefficient (Wildman–Crippen LogP) is 0.349. The summed E-state index contributed by atoms with van der Waals surface area (Å²) in [7, 11) is 0. The Bertz CT molecular complexity index is 442. The Morgan fingerprint density at radius 3 is 2.82 bits per heavy atom. The van der Waals surface area contributed by atoms with Gasteiger partial charge in [0.1, 0.15) is 0 Å². The number of tetrazole rings is 1. The molecular formula is C11H15N5O. The Kier molecular flexibility index (Phi) is 4.17. The Morgan fingerprint density at radius 2 is 2.06 bits per heavy atom. The minimum atomic E-state index is 0.339. The fourth-order valence-corrected chi connectivity index (χ4v) is 1.46. The molecule has 1 aromatic heterocycles. The largest absolute Gasteiger partial charge is 0.375 e. The zero-order chi connectivity index (χ0) is 11.9. The van der Waals surface area contributed by atoms with E-state index in [0.29, 0.717) is 32.1 Å². The van der Waals surface area contributed by atoms with Gasteiger partial charge in [0.2, 0.25) is 0 Å². The third-order valence-electron chi connectivity index (χ3n) is 2.35. The Hall–Kier alpha value is -1.79. The van der Waals surface area contributed by atoms with Crippen LogP contribution in [-0.4, -0.2) is 26.8 Å². The van der Waals surface area contributed by atoms with Crippen LogP contribution in [0.25, 0.3) is 0 Å². The number of nitrogens with two attached hydrogens (primary N) is 1. The minimum absolute atomic E-state index is 0.339. The van der Waals surface area contributed by atoms with E-state index in [9.17, 15) is 0 Å². The summed E-state index contributed by atoms with van der Waals surface area (Å²) >= 11 is 0. The molecule has 2 rings (SSSR count). The number of ether oxygens (including phenoxy) is 1. The van der Waals surface area contributed by atoms with Crippen molar-refractivity contribution in [3.63, 3.8) is 0 Å². The van der Waals surface area contributed by atoms with Crippen molar-refractivity contribution in [1.82, 2.24) is 20.2 Å². The van der Waals surface area contributed by atoms with Crippen LogP contribution in [0.5, 0.6) is 0 Å². The van der Waals surface area contributed by atoms with Crippen LogP contribution >= 0.6 is 0 Å². The molecule has 0 atom stereocenters. The highest BCUT2D eigenvalue weighted by Gasteiger charge is 2.02. The molecular weight excluding hydrogens is 218 g/mol. The molecule has 90 valence electrons. The average molecular weight is 233 g/mol. The summed E-state index contributed by atoms with van der Waals surface area (Å²) in [6.45, 7) is 2.12. The average Bonchev–Trinajstić information content (AvgIpc) is 2.83. The Balaban J connectivity index is 1.73. The molecule has 2 aromatic rings. The van der Waals surface area contributed by atoms with Crippen molar-refractivity contribution >= 4 is 0 Å². The fourth-order valence-electron chi connectivity index (χ4n) is 1.46. The molecule has 0 bridgehead atoms. The zero-order valence-electron chi connectivity index (χ0n) is 9.49. The van der Waals surface area contributed by atoms with Crippen molar-refractivity contribution in [2.75, 3.05) is 6.61 Å². The van der Waals surface area contributed by atoms with E-state index in [1.807, 2.05) is 30.3 Å². The van der Waals surface area contributed by atoms with E-state index in [4.69, 9.17) is 10.5 Å². The molecule has 2 N–H and O–H groups in total. The van der Waals surface area contributed by atoms with Crippen LogP contribution in [0.1, 0.15) is 11.4 Å². The highest BCUT2D eigenvalue weighted by Crippen LogP contribution is 2.00. The van der Waals surface area contributed by atoms with Gasteiger partial charge >= 0.3 is 0 Å². The molecule has 1 heterocycles. The fraction of sp³-hybridized carbons (Fsp3) is 0.364. The SMILES string of the molecule is NCc1nnnn1CCOCc1ccccc1. The lowest BCUT2D eigenvalue weighted by molar-refractivity contribution is 0.110. The zero-order valence-corrected chi connectivity index (χ0v) is 9.49. The minimum Gasteiger partial charge on any atom is -0.375 e. The van der Waals surface area contributed by atoms with Gasteiger partial charge in [-0.05, 0) is 16.0 Å². The molecule has 0 fully saturated rings. The van der Waals surface area contributed by atoms with Crippen molar-refractivity contribution in [3.8, 4) is 0 Å². The van der Waals surface area contributed by atoms with Crippen molar-refractivity contribution in [3.05, 3.63) is 41.7 Å². The molecule has 0 saturated heterocycles. The van der Waals surface area contributed by atoms with E-state index in [1.165, 1.54) is 0 Å².